The maximum atomic E-state index is 11.4. The molecular weight excluding hydrogens is 716 g/mol. The summed E-state index contributed by atoms with van der Waals surface area (Å²) in [6.07, 6.45) is -38.5. The lowest BCUT2D eigenvalue weighted by molar-refractivity contribution is -0.388. The first kappa shape index (κ1) is 42.2. The molecule has 0 aromatic rings. The van der Waals surface area contributed by atoms with E-state index in [0.717, 1.165) is 0 Å². The molecule has 52 heavy (non-hydrogen) atoms. The Morgan fingerprint density at radius 2 is 0.788 bits per heavy atom. The summed E-state index contributed by atoms with van der Waals surface area (Å²) in [6, 6.07) is 0. The predicted molar refractivity (Wildman–Crippen MR) is 158 cm³/mol. The van der Waals surface area contributed by atoms with E-state index in [4.69, 9.17) is 42.6 Å². The normalized spacial score (nSPS) is 53.5. The third-order valence-electron chi connectivity index (χ3n) is 9.79. The largest absolute Gasteiger partial charge is 0.394 e. The average Bonchev–Trinajstić information content (AvgIpc) is 3.12. The van der Waals surface area contributed by atoms with Gasteiger partial charge in [0.15, 0.2) is 25.2 Å². The van der Waals surface area contributed by atoms with E-state index < -0.39 is 174 Å². The van der Waals surface area contributed by atoms with Crippen molar-refractivity contribution in [1.82, 2.24) is 0 Å². The molecule has 5 aliphatic rings. The van der Waals surface area contributed by atoms with Gasteiger partial charge in [-0.1, -0.05) is 0 Å². The lowest BCUT2D eigenvalue weighted by Gasteiger charge is -2.49. The zero-order chi connectivity index (χ0) is 38.2. The Kier molecular flexibility index (Phi) is 14.5. The molecule has 23 nitrogen and oxygen atoms in total. The van der Waals surface area contributed by atoms with Crippen molar-refractivity contribution in [2.45, 2.75) is 148 Å². The van der Waals surface area contributed by atoms with Crippen molar-refractivity contribution < 1.29 is 114 Å². The molecular formula is C29H50O23. The molecule has 5 rings (SSSR count). The van der Waals surface area contributed by atoms with Gasteiger partial charge < -0.3 is 114 Å². The van der Waals surface area contributed by atoms with E-state index in [2.05, 4.69) is 0 Å². The van der Waals surface area contributed by atoms with Gasteiger partial charge in [-0.2, -0.15) is 0 Å². The quantitative estimate of drug-likeness (QED) is 0.0928. The van der Waals surface area contributed by atoms with Gasteiger partial charge in [-0.25, -0.2) is 0 Å². The van der Waals surface area contributed by atoms with Crippen LogP contribution in [0.3, 0.4) is 0 Å². The molecule has 0 spiro atoms. The molecule has 5 fully saturated rings. The van der Waals surface area contributed by atoms with Crippen molar-refractivity contribution in [3.63, 3.8) is 0 Å². The molecule has 0 aliphatic carbocycles. The van der Waals surface area contributed by atoms with Crippen LogP contribution in [-0.4, -0.2) is 246 Å². The minimum Gasteiger partial charge on any atom is -0.394 e. The zero-order valence-corrected chi connectivity index (χ0v) is 27.7. The molecule has 14 N–H and O–H groups in total. The zero-order valence-electron chi connectivity index (χ0n) is 27.7. The van der Waals surface area contributed by atoms with Crippen molar-refractivity contribution in [2.75, 3.05) is 33.0 Å². The van der Waals surface area contributed by atoms with Crippen LogP contribution in [0.5, 0.6) is 0 Å². The van der Waals surface area contributed by atoms with Crippen molar-refractivity contribution in [3.05, 3.63) is 0 Å². The highest BCUT2D eigenvalue weighted by atomic mass is 16.8. The summed E-state index contributed by atoms with van der Waals surface area (Å²) in [5, 5.41) is 146. The number of aliphatic hydroxyl groups excluding tert-OH is 14. The van der Waals surface area contributed by atoms with E-state index in [1.807, 2.05) is 0 Å². The molecule has 0 aromatic carbocycles. The van der Waals surface area contributed by atoms with Crippen LogP contribution in [0.4, 0.5) is 0 Å². The first-order valence-electron chi connectivity index (χ1n) is 16.8. The summed E-state index contributed by atoms with van der Waals surface area (Å²) in [7, 11) is 0. The highest BCUT2D eigenvalue weighted by Crippen LogP contribution is 2.35. The Balaban J connectivity index is 1.35. The SMILES string of the molecule is CC1OC(CO)C(OC2OC(CO)C(O)C(OC3OC(CO)C(O)C(OC4OCC(O)C(O)C4O)C3O)C2O)C(OC2OCC(O)C(O)C2O)C1O. The van der Waals surface area contributed by atoms with Gasteiger partial charge in [0, 0.05) is 0 Å². The van der Waals surface area contributed by atoms with Gasteiger partial charge in [0.05, 0.1) is 39.1 Å². The van der Waals surface area contributed by atoms with Crippen LogP contribution in [-0.2, 0) is 42.6 Å². The molecule has 23 heteroatoms. The van der Waals surface area contributed by atoms with Crippen LogP contribution in [0.1, 0.15) is 6.92 Å². The van der Waals surface area contributed by atoms with Gasteiger partial charge in [0.1, 0.15) is 110 Å². The van der Waals surface area contributed by atoms with E-state index in [1.54, 1.807) is 0 Å². The fraction of sp³-hybridized carbons (Fsp3) is 1.00. The fourth-order valence-corrected chi connectivity index (χ4v) is 6.65. The first-order valence-corrected chi connectivity index (χ1v) is 16.8. The molecule has 304 valence electrons. The van der Waals surface area contributed by atoms with Crippen LogP contribution < -0.4 is 0 Å². The smallest absolute Gasteiger partial charge is 0.187 e. The Hall–Kier alpha value is -0.920. The van der Waals surface area contributed by atoms with Gasteiger partial charge in [0.25, 0.3) is 0 Å². The standard InChI is InChI=1S/C29H50O23/c1-7-13(35)25(52-27-19(41)15(37)9(34)6-45-27)22(12(4-32)46-7)49-28-21(43)24(17(39)11(3-31)47-28)51-29-20(42)23(16(38)10(2-30)48-29)50-26-18(40)14(36)8(33)5-44-26/h7-43H,2-6H2,1H3. The minimum absolute atomic E-state index is 0.458. The Bertz CT molecular complexity index is 1110. The van der Waals surface area contributed by atoms with E-state index in [1.165, 1.54) is 6.92 Å². The first-order chi connectivity index (χ1) is 24.6. The van der Waals surface area contributed by atoms with E-state index in [-0.39, 0.29) is 0 Å². The maximum absolute atomic E-state index is 11.4. The lowest BCUT2D eigenvalue weighted by atomic mass is 9.94. The van der Waals surface area contributed by atoms with Crippen molar-refractivity contribution >= 4 is 0 Å². The van der Waals surface area contributed by atoms with Gasteiger partial charge in [-0.05, 0) is 6.92 Å². The highest BCUT2D eigenvalue weighted by Gasteiger charge is 2.55. The number of hydrogen-bond acceptors (Lipinski definition) is 23. The monoisotopic (exact) mass is 766 g/mol. The minimum atomic E-state index is -2.04. The predicted octanol–water partition coefficient (Wildman–Crippen LogP) is -9.58. The number of rotatable bonds is 11. The molecule has 23 unspecified atom stereocenters. The molecule has 0 saturated carbocycles. The molecule has 0 bridgehead atoms. The number of hydrogen-bond donors (Lipinski definition) is 14. The van der Waals surface area contributed by atoms with E-state index in [9.17, 15) is 71.5 Å². The summed E-state index contributed by atoms with van der Waals surface area (Å²) in [5.41, 5.74) is 0. The second-order valence-corrected chi connectivity index (χ2v) is 13.4. The van der Waals surface area contributed by atoms with Crippen LogP contribution in [0.15, 0.2) is 0 Å². The topological polar surface area (TPSA) is 366 Å². The van der Waals surface area contributed by atoms with Crippen LogP contribution >= 0.6 is 0 Å². The van der Waals surface area contributed by atoms with Crippen molar-refractivity contribution in [3.8, 4) is 0 Å². The maximum Gasteiger partial charge on any atom is 0.187 e. The summed E-state index contributed by atoms with van der Waals surface area (Å²) in [5.74, 6) is 0. The van der Waals surface area contributed by atoms with Gasteiger partial charge >= 0.3 is 0 Å². The summed E-state index contributed by atoms with van der Waals surface area (Å²) >= 11 is 0. The van der Waals surface area contributed by atoms with E-state index >= 15 is 0 Å². The molecule has 0 aromatic heterocycles. The summed E-state index contributed by atoms with van der Waals surface area (Å²) in [6.45, 7) is -2.05. The summed E-state index contributed by atoms with van der Waals surface area (Å²) < 4.78 is 50.2. The fourth-order valence-electron chi connectivity index (χ4n) is 6.65. The number of ether oxygens (including phenoxy) is 9. The van der Waals surface area contributed by atoms with Crippen LogP contribution in [0, 0.1) is 0 Å². The van der Waals surface area contributed by atoms with Crippen molar-refractivity contribution in [2.24, 2.45) is 0 Å². The second kappa shape index (κ2) is 17.9. The molecule has 5 heterocycles. The van der Waals surface area contributed by atoms with Crippen LogP contribution in [0.2, 0.25) is 0 Å². The second-order valence-electron chi connectivity index (χ2n) is 13.4. The number of aliphatic hydroxyl groups is 14. The molecule has 5 saturated heterocycles. The third kappa shape index (κ3) is 8.57. The lowest BCUT2D eigenvalue weighted by Crippen LogP contribution is -2.68. The van der Waals surface area contributed by atoms with Crippen molar-refractivity contribution in [1.29, 1.82) is 0 Å². The van der Waals surface area contributed by atoms with Gasteiger partial charge in [-0.15, -0.1) is 0 Å². The van der Waals surface area contributed by atoms with Gasteiger partial charge in [0.2, 0.25) is 0 Å². The Morgan fingerprint density at radius 1 is 0.404 bits per heavy atom. The summed E-state index contributed by atoms with van der Waals surface area (Å²) in [4.78, 5) is 0. The van der Waals surface area contributed by atoms with E-state index in [0.29, 0.717) is 0 Å². The molecule has 23 atom stereocenters. The van der Waals surface area contributed by atoms with Crippen LogP contribution in [0.25, 0.3) is 0 Å². The highest BCUT2D eigenvalue weighted by molar-refractivity contribution is 4.99. The third-order valence-corrected chi connectivity index (χ3v) is 9.79. The Morgan fingerprint density at radius 3 is 1.21 bits per heavy atom. The average molecular weight is 767 g/mol. The van der Waals surface area contributed by atoms with Gasteiger partial charge in [-0.3, -0.25) is 0 Å². The Labute approximate surface area is 295 Å². The molecule has 0 amide bonds. The molecule has 5 aliphatic heterocycles. The molecule has 0 radical (unpaired) electrons.